The van der Waals surface area contributed by atoms with Crippen molar-refractivity contribution in [3.8, 4) is 22.1 Å². The first kappa shape index (κ1) is 20.6. The molecule has 1 aliphatic rings. The van der Waals surface area contributed by atoms with E-state index in [4.69, 9.17) is 25.9 Å². The minimum absolute atomic E-state index is 0.457. The number of hydrogen-bond donors (Lipinski definition) is 2. The average molecular weight is 448 g/mol. The first-order valence-corrected chi connectivity index (χ1v) is 11.1. The van der Waals surface area contributed by atoms with E-state index in [1.807, 2.05) is 59.3 Å². The lowest BCUT2D eigenvalue weighted by Crippen LogP contribution is -2.59. The summed E-state index contributed by atoms with van der Waals surface area (Å²) in [5.74, 6) is 1.28. The van der Waals surface area contributed by atoms with Crippen LogP contribution in [0.2, 0.25) is 0 Å². The molecule has 2 atom stereocenters. The van der Waals surface area contributed by atoms with E-state index < -0.39 is 12.5 Å². The van der Waals surface area contributed by atoms with Gasteiger partial charge in [-0.15, -0.1) is 11.3 Å². The van der Waals surface area contributed by atoms with Crippen molar-refractivity contribution in [2.45, 2.75) is 12.5 Å². The van der Waals surface area contributed by atoms with Gasteiger partial charge in [-0.25, -0.2) is 4.98 Å². The van der Waals surface area contributed by atoms with Crippen molar-refractivity contribution in [3.05, 3.63) is 66.2 Å². The Morgan fingerprint density at radius 2 is 1.69 bits per heavy atom. The van der Waals surface area contributed by atoms with Crippen molar-refractivity contribution in [2.24, 2.45) is 11.5 Å². The van der Waals surface area contributed by atoms with E-state index in [0.29, 0.717) is 11.5 Å². The van der Waals surface area contributed by atoms with Crippen LogP contribution < -0.4 is 30.7 Å². The molecule has 2 heterocycles. The van der Waals surface area contributed by atoms with Gasteiger partial charge in [-0.3, -0.25) is 5.73 Å². The molecular formula is C24H25N5O2S. The Balaban J connectivity index is 1.57. The average Bonchev–Trinajstić information content (AvgIpc) is 3.26. The summed E-state index contributed by atoms with van der Waals surface area (Å²) in [4.78, 5) is 8.79. The number of nitrogens with two attached hydrogens (primary N) is 2. The summed E-state index contributed by atoms with van der Waals surface area (Å²) < 4.78 is 12.1. The molecule has 0 spiro atoms. The quantitative estimate of drug-likeness (QED) is 0.486. The van der Waals surface area contributed by atoms with Crippen LogP contribution in [0.4, 0.5) is 11.4 Å². The minimum Gasteiger partial charge on any atom is -0.493 e. The molecular weight excluding hydrogens is 422 g/mol. The topological polar surface area (TPSA) is 89.9 Å². The summed E-state index contributed by atoms with van der Waals surface area (Å²) in [6.45, 7) is 0. The number of para-hydroxylation sites is 1. The zero-order valence-corrected chi connectivity index (χ0v) is 19.0. The maximum atomic E-state index is 6.75. The molecule has 0 amide bonds. The van der Waals surface area contributed by atoms with Crippen LogP contribution in [0.15, 0.2) is 60.7 Å². The van der Waals surface area contributed by atoms with Gasteiger partial charge in [-0.05, 0) is 30.3 Å². The van der Waals surface area contributed by atoms with Gasteiger partial charge >= 0.3 is 0 Å². The van der Waals surface area contributed by atoms with Crippen LogP contribution in [0.1, 0.15) is 11.7 Å². The number of benzene rings is 3. The molecule has 0 fully saturated rings. The molecule has 164 valence electrons. The zero-order valence-electron chi connectivity index (χ0n) is 18.1. The largest absolute Gasteiger partial charge is 0.493 e. The van der Waals surface area contributed by atoms with Crippen molar-refractivity contribution < 1.29 is 9.47 Å². The second-order valence-electron chi connectivity index (χ2n) is 7.68. The second-order valence-corrected chi connectivity index (χ2v) is 8.71. The lowest BCUT2D eigenvalue weighted by molar-refractivity contribution is 0.353. The Morgan fingerprint density at radius 3 is 2.44 bits per heavy atom. The molecule has 8 heteroatoms. The SMILES string of the molecule is COc1cc2c(cc1OC)N(C)C(N)N(c1cccc(-c3nc4ccccc4s3)c1)C2N. The maximum Gasteiger partial charge on any atom is 0.162 e. The van der Waals surface area contributed by atoms with E-state index in [9.17, 15) is 0 Å². The lowest BCUT2D eigenvalue weighted by atomic mass is 10.0. The van der Waals surface area contributed by atoms with Crippen LogP contribution in [0.25, 0.3) is 20.8 Å². The Labute approximate surface area is 190 Å². The van der Waals surface area contributed by atoms with Crippen LogP contribution >= 0.6 is 11.3 Å². The number of nitrogens with zero attached hydrogens (tertiary/aromatic N) is 3. The summed E-state index contributed by atoms with van der Waals surface area (Å²) >= 11 is 1.67. The highest BCUT2D eigenvalue weighted by Gasteiger charge is 2.35. The van der Waals surface area contributed by atoms with E-state index in [-0.39, 0.29) is 0 Å². The van der Waals surface area contributed by atoms with Crippen molar-refractivity contribution >= 4 is 32.9 Å². The third-order valence-electron chi connectivity index (χ3n) is 5.90. The van der Waals surface area contributed by atoms with Gasteiger partial charge in [0.05, 0.1) is 24.4 Å². The minimum atomic E-state index is -0.457. The van der Waals surface area contributed by atoms with Gasteiger partial charge in [0.1, 0.15) is 11.2 Å². The monoisotopic (exact) mass is 447 g/mol. The van der Waals surface area contributed by atoms with Crippen LogP contribution in [-0.2, 0) is 0 Å². The fourth-order valence-electron chi connectivity index (χ4n) is 4.18. The summed E-state index contributed by atoms with van der Waals surface area (Å²) in [7, 11) is 5.19. The van der Waals surface area contributed by atoms with Crippen LogP contribution in [0.5, 0.6) is 11.5 Å². The van der Waals surface area contributed by atoms with Crippen LogP contribution in [-0.4, -0.2) is 32.5 Å². The number of anilines is 2. The van der Waals surface area contributed by atoms with Crippen molar-refractivity contribution in [2.75, 3.05) is 31.1 Å². The van der Waals surface area contributed by atoms with Crippen LogP contribution in [0.3, 0.4) is 0 Å². The van der Waals surface area contributed by atoms with E-state index in [2.05, 4.69) is 18.2 Å². The highest BCUT2D eigenvalue weighted by Crippen LogP contribution is 2.43. The number of fused-ring (bicyclic) bond motifs is 2. The molecule has 3 aromatic carbocycles. The predicted molar refractivity (Wildman–Crippen MR) is 130 cm³/mol. The number of hydrogen-bond acceptors (Lipinski definition) is 8. The maximum absolute atomic E-state index is 6.75. The van der Waals surface area contributed by atoms with Crippen molar-refractivity contribution in [1.82, 2.24) is 4.98 Å². The van der Waals surface area contributed by atoms with Crippen LogP contribution in [0, 0.1) is 0 Å². The van der Waals surface area contributed by atoms with Crippen molar-refractivity contribution in [3.63, 3.8) is 0 Å². The smallest absolute Gasteiger partial charge is 0.162 e. The van der Waals surface area contributed by atoms with Crippen molar-refractivity contribution in [1.29, 1.82) is 0 Å². The Bertz CT molecular complexity index is 1260. The van der Waals surface area contributed by atoms with Gasteiger partial charge in [0, 0.05) is 35.6 Å². The molecule has 2 unspecified atom stereocenters. The normalized spacial score (nSPS) is 18.0. The summed E-state index contributed by atoms with van der Waals surface area (Å²) in [6, 6.07) is 20.2. The highest BCUT2D eigenvalue weighted by atomic mass is 32.1. The predicted octanol–water partition coefficient (Wildman–Crippen LogP) is 4.14. The molecule has 32 heavy (non-hydrogen) atoms. The van der Waals surface area contributed by atoms with Gasteiger partial charge in [0.25, 0.3) is 0 Å². The first-order chi connectivity index (χ1) is 15.5. The lowest BCUT2D eigenvalue weighted by Gasteiger charge is -2.47. The fraction of sp³-hybridized carbons (Fsp3) is 0.208. The molecule has 4 aromatic rings. The molecule has 5 rings (SSSR count). The number of methoxy groups -OCH3 is 2. The standard InChI is InChI=1S/C24H25N5O2S/c1-28-18-13-20(31-3)19(30-2)12-16(18)22(25)29(24(28)26)15-8-6-7-14(11-15)23-27-17-9-4-5-10-21(17)32-23/h4-13,22,24H,25-26H2,1-3H3. The molecule has 0 radical (unpaired) electrons. The molecule has 0 aliphatic carbocycles. The molecule has 0 bridgehead atoms. The van der Waals surface area contributed by atoms with Gasteiger partial charge in [0.2, 0.25) is 0 Å². The Hall–Kier alpha value is -3.33. The van der Waals surface area contributed by atoms with Gasteiger partial charge < -0.3 is 25.0 Å². The van der Waals surface area contributed by atoms with Gasteiger partial charge in [-0.1, -0.05) is 24.3 Å². The number of rotatable bonds is 4. The Kier molecular flexibility index (Phi) is 5.13. The highest BCUT2D eigenvalue weighted by molar-refractivity contribution is 7.21. The zero-order chi connectivity index (χ0) is 22.4. The summed E-state index contributed by atoms with van der Waals surface area (Å²) in [6.07, 6.45) is -0.914. The van der Waals surface area contributed by atoms with E-state index in [1.54, 1.807) is 25.6 Å². The molecule has 0 saturated carbocycles. The van der Waals surface area contributed by atoms with E-state index in [1.165, 1.54) is 0 Å². The molecule has 1 aromatic heterocycles. The first-order valence-electron chi connectivity index (χ1n) is 10.3. The molecule has 0 saturated heterocycles. The summed E-state index contributed by atoms with van der Waals surface area (Å²) in [5.41, 5.74) is 18.2. The molecule has 7 nitrogen and oxygen atoms in total. The van der Waals surface area contributed by atoms with E-state index >= 15 is 0 Å². The van der Waals surface area contributed by atoms with Gasteiger partial charge in [-0.2, -0.15) is 0 Å². The second kappa shape index (κ2) is 7.98. The fourth-order valence-corrected chi connectivity index (χ4v) is 5.14. The number of ether oxygens (including phenoxy) is 2. The molecule has 4 N–H and O–H groups in total. The molecule has 1 aliphatic heterocycles. The summed E-state index contributed by atoms with van der Waals surface area (Å²) in [5, 5.41) is 0.965. The van der Waals surface area contributed by atoms with Gasteiger partial charge in [0.15, 0.2) is 17.8 Å². The Morgan fingerprint density at radius 1 is 0.938 bits per heavy atom. The number of thiazole rings is 1. The third-order valence-corrected chi connectivity index (χ3v) is 6.98. The van der Waals surface area contributed by atoms with E-state index in [0.717, 1.165) is 37.7 Å². The third kappa shape index (κ3) is 3.24. The number of aromatic nitrogens is 1.